The molecule has 0 saturated carbocycles. The van der Waals surface area contributed by atoms with Crippen LogP contribution in [0, 0.1) is 5.41 Å². The van der Waals surface area contributed by atoms with Gasteiger partial charge in [0.05, 0.1) is 0 Å². The molecule has 1 heterocycles. The van der Waals surface area contributed by atoms with Gasteiger partial charge in [0.25, 0.3) is 0 Å². The van der Waals surface area contributed by atoms with E-state index in [4.69, 9.17) is 0 Å². The summed E-state index contributed by atoms with van der Waals surface area (Å²) in [5.74, 6) is 0.199. The quantitative estimate of drug-likeness (QED) is 0.764. The molecule has 90 valence electrons. The smallest absolute Gasteiger partial charge is 0.220 e. The fourth-order valence-corrected chi connectivity index (χ4v) is 1.73. The molecule has 1 aliphatic heterocycles. The first-order chi connectivity index (χ1) is 6.47. The zero-order chi connectivity index (χ0) is 10.6. The molecule has 3 nitrogen and oxygen atoms in total. The normalized spacial score (nSPS) is 18.1. The van der Waals surface area contributed by atoms with E-state index < -0.39 is 0 Å². The van der Waals surface area contributed by atoms with Crippen molar-refractivity contribution in [1.29, 1.82) is 0 Å². The van der Waals surface area contributed by atoms with E-state index in [1.807, 2.05) is 0 Å². The second-order valence-corrected chi connectivity index (χ2v) is 5.33. The van der Waals surface area contributed by atoms with Crippen LogP contribution in [0.15, 0.2) is 0 Å². The molecular formula is C11H23ClN2O. The van der Waals surface area contributed by atoms with Crippen molar-refractivity contribution in [3.8, 4) is 0 Å². The molecule has 15 heavy (non-hydrogen) atoms. The number of halogens is 1. The molecule has 1 rings (SSSR count). The number of hydrogen-bond donors (Lipinski definition) is 2. The Morgan fingerprint density at radius 3 is 2.33 bits per heavy atom. The lowest BCUT2D eigenvalue weighted by molar-refractivity contribution is -0.123. The Hall–Kier alpha value is -0.280. The van der Waals surface area contributed by atoms with Crippen molar-refractivity contribution in [3.63, 3.8) is 0 Å². The molecule has 1 saturated heterocycles. The second kappa shape index (κ2) is 6.33. The highest BCUT2D eigenvalue weighted by atomic mass is 35.5. The Bertz CT molecular complexity index is 195. The zero-order valence-corrected chi connectivity index (χ0v) is 10.7. The van der Waals surface area contributed by atoms with Crippen molar-refractivity contribution in [2.75, 3.05) is 13.1 Å². The molecule has 0 unspecified atom stereocenters. The first kappa shape index (κ1) is 14.7. The van der Waals surface area contributed by atoms with Crippen molar-refractivity contribution in [2.24, 2.45) is 5.41 Å². The van der Waals surface area contributed by atoms with E-state index in [2.05, 4.69) is 31.4 Å². The van der Waals surface area contributed by atoms with E-state index in [0.717, 1.165) is 25.9 Å². The van der Waals surface area contributed by atoms with E-state index in [0.29, 0.717) is 12.5 Å². The third-order valence-electron chi connectivity index (χ3n) is 2.40. The number of rotatable bonds is 2. The van der Waals surface area contributed by atoms with E-state index in [1.54, 1.807) is 0 Å². The van der Waals surface area contributed by atoms with Crippen molar-refractivity contribution in [2.45, 2.75) is 46.1 Å². The lowest BCUT2D eigenvalue weighted by atomic mass is 9.91. The predicted octanol–water partition coefficient (Wildman–Crippen LogP) is 1.71. The van der Waals surface area contributed by atoms with Gasteiger partial charge in [-0.05, 0) is 31.3 Å². The van der Waals surface area contributed by atoms with E-state index >= 15 is 0 Å². The number of amides is 1. The van der Waals surface area contributed by atoms with Crippen LogP contribution in [0.5, 0.6) is 0 Å². The zero-order valence-electron chi connectivity index (χ0n) is 9.93. The van der Waals surface area contributed by atoms with Crippen LogP contribution in [0.4, 0.5) is 0 Å². The molecular weight excluding hydrogens is 212 g/mol. The van der Waals surface area contributed by atoms with Crippen LogP contribution in [-0.4, -0.2) is 25.0 Å². The van der Waals surface area contributed by atoms with Gasteiger partial charge in [0.2, 0.25) is 5.91 Å². The molecule has 0 aromatic heterocycles. The summed E-state index contributed by atoms with van der Waals surface area (Å²) in [7, 11) is 0. The number of carbonyl (C=O) groups excluding carboxylic acids is 1. The highest BCUT2D eigenvalue weighted by Gasteiger charge is 2.19. The van der Waals surface area contributed by atoms with Gasteiger partial charge in [0.15, 0.2) is 0 Å². The van der Waals surface area contributed by atoms with Gasteiger partial charge in [0, 0.05) is 12.5 Å². The van der Waals surface area contributed by atoms with Gasteiger partial charge in [-0.1, -0.05) is 20.8 Å². The number of carbonyl (C=O) groups is 1. The maximum Gasteiger partial charge on any atom is 0.220 e. The lowest BCUT2D eigenvalue weighted by Crippen LogP contribution is -2.43. The first-order valence-electron chi connectivity index (χ1n) is 5.47. The third-order valence-corrected chi connectivity index (χ3v) is 2.40. The molecule has 1 aliphatic rings. The van der Waals surface area contributed by atoms with E-state index in [-0.39, 0.29) is 23.7 Å². The van der Waals surface area contributed by atoms with Crippen LogP contribution in [0.2, 0.25) is 0 Å². The number of piperidine rings is 1. The molecule has 1 amide bonds. The molecule has 0 radical (unpaired) electrons. The molecule has 0 aromatic rings. The molecule has 0 spiro atoms. The van der Waals surface area contributed by atoms with Gasteiger partial charge in [-0.2, -0.15) is 0 Å². The molecule has 0 atom stereocenters. The summed E-state index contributed by atoms with van der Waals surface area (Å²) in [5.41, 5.74) is 0.0942. The van der Waals surface area contributed by atoms with Gasteiger partial charge in [-0.15, -0.1) is 12.4 Å². The van der Waals surface area contributed by atoms with Crippen molar-refractivity contribution in [1.82, 2.24) is 10.6 Å². The summed E-state index contributed by atoms with van der Waals surface area (Å²) in [6, 6.07) is 0.395. The maximum absolute atomic E-state index is 11.6. The van der Waals surface area contributed by atoms with Crippen LogP contribution in [-0.2, 0) is 4.79 Å². The first-order valence-corrected chi connectivity index (χ1v) is 5.47. The molecule has 0 aliphatic carbocycles. The summed E-state index contributed by atoms with van der Waals surface area (Å²) in [5, 5.41) is 6.38. The Morgan fingerprint density at radius 2 is 1.87 bits per heavy atom. The second-order valence-electron chi connectivity index (χ2n) is 5.33. The minimum absolute atomic E-state index is 0. The van der Waals surface area contributed by atoms with Crippen LogP contribution < -0.4 is 10.6 Å². The fraction of sp³-hybridized carbons (Fsp3) is 0.909. The van der Waals surface area contributed by atoms with E-state index in [1.165, 1.54) is 0 Å². The molecule has 0 aromatic carbocycles. The summed E-state index contributed by atoms with van der Waals surface area (Å²) in [6.45, 7) is 8.33. The van der Waals surface area contributed by atoms with Crippen LogP contribution >= 0.6 is 12.4 Å². The predicted molar refractivity (Wildman–Crippen MR) is 65.4 cm³/mol. The fourth-order valence-electron chi connectivity index (χ4n) is 1.73. The van der Waals surface area contributed by atoms with Gasteiger partial charge in [0.1, 0.15) is 0 Å². The maximum atomic E-state index is 11.6. The number of hydrogen-bond acceptors (Lipinski definition) is 2. The Kier molecular flexibility index (Phi) is 6.22. The van der Waals surface area contributed by atoms with Gasteiger partial charge >= 0.3 is 0 Å². The standard InChI is InChI=1S/C11H22N2O.ClH/c1-11(2,3)8-10(14)13-9-4-6-12-7-5-9;/h9,12H,4-8H2,1-3H3,(H,13,14);1H. The minimum Gasteiger partial charge on any atom is -0.353 e. The molecule has 0 bridgehead atoms. The van der Waals surface area contributed by atoms with Crippen molar-refractivity contribution < 1.29 is 4.79 Å². The largest absolute Gasteiger partial charge is 0.353 e. The van der Waals surface area contributed by atoms with Gasteiger partial charge in [-0.3, -0.25) is 4.79 Å². The Balaban J connectivity index is 0.00000196. The van der Waals surface area contributed by atoms with E-state index in [9.17, 15) is 4.79 Å². The number of nitrogens with one attached hydrogen (secondary N) is 2. The van der Waals surface area contributed by atoms with Crippen molar-refractivity contribution in [3.05, 3.63) is 0 Å². The van der Waals surface area contributed by atoms with Crippen LogP contribution in [0.25, 0.3) is 0 Å². The SMILES string of the molecule is CC(C)(C)CC(=O)NC1CCNCC1.Cl. The van der Waals surface area contributed by atoms with Crippen LogP contribution in [0.3, 0.4) is 0 Å². The highest BCUT2D eigenvalue weighted by molar-refractivity contribution is 5.85. The summed E-state index contributed by atoms with van der Waals surface area (Å²) in [6.07, 6.45) is 2.75. The minimum atomic E-state index is 0. The molecule has 2 N–H and O–H groups in total. The molecule has 4 heteroatoms. The summed E-state index contributed by atoms with van der Waals surface area (Å²) in [4.78, 5) is 11.6. The van der Waals surface area contributed by atoms with Gasteiger partial charge in [-0.25, -0.2) is 0 Å². The average Bonchev–Trinajstić information content (AvgIpc) is 2.02. The monoisotopic (exact) mass is 234 g/mol. The third kappa shape index (κ3) is 6.74. The average molecular weight is 235 g/mol. The van der Waals surface area contributed by atoms with Crippen LogP contribution in [0.1, 0.15) is 40.0 Å². The topological polar surface area (TPSA) is 41.1 Å². The Labute approximate surface area is 98.8 Å². The lowest BCUT2D eigenvalue weighted by Gasteiger charge is -2.25. The summed E-state index contributed by atoms with van der Waals surface area (Å²) >= 11 is 0. The Morgan fingerprint density at radius 1 is 1.33 bits per heavy atom. The van der Waals surface area contributed by atoms with Gasteiger partial charge < -0.3 is 10.6 Å². The highest BCUT2D eigenvalue weighted by Crippen LogP contribution is 2.18. The van der Waals surface area contributed by atoms with Crippen molar-refractivity contribution >= 4 is 18.3 Å². The molecule has 1 fully saturated rings. The summed E-state index contributed by atoms with van der Waals surface area (Å²) < 4.78 is 0.